The van der Waals surface area contributed by atoms with E-state index in [0.717, 1.165) is 6.20 Å². The second kappa shape index (κ2) is 6.85. The van der Waals surface area contributed by atoms with Crippen LogP contribution in [0.1, 0.15) is 36.4 Å². The first kappa shape index (κ1) is 17.1. The summed E-state index contributed by atoms with van der Waals surface area (Å²) in [5.41, 5.74) is 0.607. The fraction of sp³-hybridized carbons (Fsp3) is 0.375. The van der Waals surface area contributed by atoms with E-state index in [9.17, 15) is 18.0 Å². The summed E-state index contributed by atoms with van der Waals surface area (Å²) in [6.07, 6.45) is -1.81. The van der Waals surface area contributed by atoms with Crippen molar-refractivity contribution in [2.45, 2.75) is 31.5 Å². The molecule has 1 aromatic carbocycles. The number of hydrogen-bond donors (Lipinski definition) is 1. The molecule has 4 nitrogen and oxygen atoms in total. The van der Waals surface area contributed by atoms with Crippen LogP contribution in [0.15, 0.2) is 42.7 Å². The number of carbonyl (C=O) groups is 1. The first-order valence-corrected chi connectivity index (χ1v) is 7.23. The van der Waals surface area contributed by atoms with Gasteiger partial charge in [-0.05, 0) is 12.0 Å². The molecular weight excluding hydrogens is 307 g/mol. The summed E-state index contributed by atoms with van der Waals surface area (Å²) in [6.45, 7) is 1.77. The molecule has 7 heteroatoms. The zero-order chi connectivity index (χ0) is 17.0. The van der Waals surface area contributed by atoms with E-state index in [1.165, 1.54) is 17.9 Å². The molecule has 0 fully saturated rings. The van der Waals surface area contributed by atoms with Gasteiger partial charge in [-0.15, -0.1) is 0 Å². The van der Waals surface area contributed by atoms with Gasteiger partial charge in [0.15, 0.2) is 6.04 Å². The molecule has 124 valence electrons. The van der Waals surface area contributed by atoms with Gasteiger partial charge in [0.05, 0.1) is 12.1 Å². The molecule has 0 bridgehead atoms. The highest BCUT2D eigenvalue weighted by Gasteiger charge is 2.43. The molecule has 0 aliphatic carbocycles. The number of nitrogens with zero attached hydrogens (tertiary/aromatic N) is 2. The molecule has 0 radical (unpaired) electrons. The quantitative estimate of drug-likeness (QED) is 0.916. The van der Waals surface area contributed by atoms with Gasteiger partial charge < -0.3 is 5.32 Å². The van der Waals surface area contributed by atoms with Crippen LogP contribution in [0.4, 0.5) is 13.2 Å². The molecule has 1 aromatic heterocycles. The Balaban J connectivity index is 2.23. The number of hydrogen-bond acceptors (Lipinski definition) is 2. The summed E-state index contributed by atoms with van der Waals surface area (Å²) in [7, 11) is 1.53. The lowest BCUT2D eigenvalue weighted by atomic mass is 9.95. The first-order valence-electron chi connectivity index (χ1n) is 7.23. The number of carbonyl (C=O) groups excluding carboxylic acids is 1. The van der Waals surface area contributed by atoms with Crippen LogP contribution in [-0.4, -0.2) is 21.9 Å². The van der Waals surface area contributed by atoms with Gasteiger partial charge in [-0.3, -0.25) is 9.48 Å². The maximum Gasteiger partial charge on any atom is 0.412 e. The number of aromatic nitrogens is 2. The van der Waals surface area contributed by atoms with Crippen LogP contribution in [0.2, 0.25) is 0 Å². The van der Waals surface area contributed by atoms with Crippen molar-refractivity contribution in [1.29, 1.82) is 0 Å². The van der Waals surface area contributed by atoms with Gasteiger partial charge in [-0.2, -0.15) is 18.3 Å². The van der Waals surface area contributed by atoms with Gasteiger partial charge >= 0.3 is 6.18 Å². The number of nitrogens with one attached hydrogen (secondary N) is 1. The SMILES string of the molecule is CC[C@@H](C(=O)N[C@H](c1cnn(C)c1)C(F)(F)F)c1ccccc1. The molecule has 23 heavy (non-hydrogen) atoms. The highest BCUT2D eigenvalue weighted by atomic mass is 19.4. The monoisotopic (exact) mass is 325 g/mol. The molecule has 0 aliphatic rings. The third-order valence-corrected chi connectivity index (χ3v) is 3.60. The van der Waals surface area contributed by atoms with Crippen LogP contribution < -0.4 is 5.32 Å². The minimum atomic E-state index is -4.59. The van der Waals surface area contributed by atoms with Crippen molar-refractivity contribution in [3.8, 4) is 0 Å². The topological polar surface area (TPSA) is 46.9 Å². The summed E-state index contributed by atoms with van der Waals surface area (Å²) >= 11 is 0. The molecule has 2 atom stereocenters. The third-order valence-electron chi connectivity index (χ3n) is 3.60. The first-order chi connectivity index (χ1) is 10.8. The van der Waals surface area contributed by atoms with Crippen LogP contribution in [-0.2, 0) is 11.8 Å². The van der Waals surface area contributed by atoms with Gasteiger partial charge in [0.25, 0.3) is 0 Å². The lowest BCUT2D eigenvalue weighted by Gasteiger charge is -2.23. The van der Waals surface area contributed by atoms with Crippen molar-refractivity contribution in [2.75, 3.05) is 0 Å². The maximum atomic E-state index is 13.3. The molecule has 2 aromatic rings. The molecule has 1 heterocycles. The summed E-state index contributed by atoms with van der Waals surface area (Å²) in [6, 6.07) is 6.71. The standard InChI is InChI=1S/C16H18F3N3O/c1-3-13(11-7-5-4-6-8-11)15(23)21-14(16(17,18)19)12-9-20-22(2)10-12/h4-10,13-14H,3H2,1-2H3,(H,21,23)/t13-,14-/m1/s1. The highest BCUT2D eigenvalue weighted by Crippen LogP contribution is 2.33. The van der Waals surface area contributed by atoms with Crippen molar-refractivity contribution in [1.82, 2.24) is 15.1 Å². The largest absolute Gasteiger partial charge is 0.412 e. The van der Waals surface area contributed by atoms with Crippen molar-refractivity contribution in [3.63, 3.8) is 0 Å². The average Bonchev–Trinajstić information content (AvgIpc) is 2.91. The Labute approximate surface area is 132 Å². The third kappa shape index (κ3) is 4.12. The molecule has 1 amide bonds. The fourth-order valence-corrected chi connectivity index (χ4v) is 2.44. The van der Waals surface area contributed by atoms with Crippen molar-refractivity contribution in [3.05, 3.63) is 53.9 Å². The summed E-state index contributed by atoms with van der Waals surface area (Å²) < 4.78 is 41.2. The molecule has 0 aliphatic heterocycles. The second-order valence-corrected chi connectivity index (χ2v) is 5.30. The van der Waals surface area contributed by atoms with Crippen LogP contribution >= 0.6 is 0 Å². The summed E-state index contributed by atoms with van der Waals surface area (Å²) in [5, 5.41) is 5.87. The summed E-state index contributed by atoms with van der Waals surface area (Å²) in [4.78, 5) is 12.4. The Morgan fingerprint density at radius 1 is 1.26 bits per heavy atom. The Morgan fingerprint density at radius 2 is 1.91 bits per heavy atom. The molecule has 1 N–H and O–H groups in total. The zero-order valence-electron chi connectivity index (χ0n) is 12.8. The van der Waals surface area contributed by atoms with Crippen molar-refractivity contribution in [2.24, 2.45) is 7.05 Å². The van der Waals surface area contributed by atoms with Gasteiger partial charge in [0.2, 0.25) is 5.91 Å². The molecule has 0 unspecified atom stereocenters. The molecule has 0 spiro atoms. The van der Waals surface area contributed by atoms with E-state index in [-0.39, 0.29) is 5.56 Å². The molecule has 0 saturated heterocycles. The van der Waals surface area contributed by atoms with E-state index in [1.54, 1.807) is 37.3 Å². The smallest absolute Gasteiger partial charge is 0.340 e. The Bertz CT molecular complexity index is 652. The molecular formula is C16H18F3N3O. The van der Waals surface area contributed by atoms with Crippen LogP contribution in [0, 0.1) is 0 Å². The number of aryl methyl sites for hydroxylation is 1. The predicted octanol–water partition coefficient (Wildman–Crippen LogP) is 3.33. The summed E-state index contributed by atoms with van der Waals surface area (Å²) in [5.74, 6) is -1.28. The lowest BCUT2D eigenvalue weighted by molar-refractivity contribution is -0.164. The van der Waals surface area contributed by atoms with Gasteiger partial charge in [-0.1, -0.05) is 37.3 Å². The number of halogens is 3. The van der Waals surface area contributed by atoms with Crippen molar-refractivity contribution < 1.29 is 18.0 Å². The highest BCUT2D eigenvalue weighted by molar-refractivity contribution is 5.84. The van der Waals surface area contributed by atoms with E-state index in [4.69, 9.17) is 0 Å². The lowest BCUT2D eigenvalue weighted by Crippen LogP contribution is -2.40. The normalized spacial score (nSPS) is 14.3. The van der Waals surface area contributed by atoms with Gasteiger partial charge in [0, 0.05) is 18.8 Å². The number of rotatable bonds is 5. The Kier molecular flexibility index (Phi) is 5.08. The second-order valence-electron chi connectivity index (χ2n) is 5.30. The number of amides is 1. The van der Waals surface area contributed by atoms with E-state index in [1.807, 2.05) is 0 Å². The van der Waals surface area contributed by atoms with Crippen LogP contribution in [0.3, 0.4) is 0 Å². The van der Waals surface area contributed by atoms with Crippen LogP contribution in [0.25, 0.3) is 0 Å². The van der Waals surface area contributed by atoms with Crippen LogP contribution in [0.5, 0.6) is 0 Å². The fourth-order valence-electron chi connectivity index (χ4n) is 2.44. The average molecular weight is 325 g/mol. The van der Waals surface area contributed by atoms with Gasteiger partial charge in [-0.25, -0.2) is 0 Å². The molecule has 2 rings (SSSR count). The van der Waals surface area contributed by atoms with E-state index in [2.05, 4.69) is 10.4 Å². The Morgan fingerprint density at radius 3 is 2.39 bits per heavy atom. The zero-order valence-corrected chi connectivity index (χ0v) is 12.8. The van der Waals surface area contributed by atoms with E-state index < -0.39 is 24.0 Å². The van der Waals surface area contributed by atoms with E-state index >= 15 is 0 Å². The number of alkyl halides is 3. The van der Waals surface area contributed by atoms with Crippen molar-refractivity contribution >= 4 is 5.91 Å². The number of benzene rings is 1. The minimum Gasteiger partial charge on any atom is -0.340 e. The maximum absolute atomic E-state index is 13.3. The van der Waals surface area contributed by atoms with E-state index in [0.29, 0.717) is 12.0 Å². The Hall–Kier alpha value is -2.31. The predicted molar refractivity (Wildman–Crippen MR) is 79.6 cm³/mol. The van der Waals surface area contributed by atoms with Gasteiger partial charge in [0.1, 0.15) is 0 Å². The molecule has 0 saturated carbocycles. The minimum absolute atomic E-state index is 0.0868.